The highest BCUT2D eigenvalue weighted by molar-refractivity contribution is 5.48. The van der Waals surface area contributed by atoms with Crippen LogP contribution >= 0.6 is 0 Å². The van der Waals surface area contributed by atoms with Gasteiger partial charge in [-0.2, -0.15) is 0 Å². The molecule has 2 atom stereocenters. The minimum absolute atomic E-state index is 0.107. The fourth-order valence-corrected chi connectivity index (χ4v) is 4.53. The number of aromatic nitrogens is 3. The number of rotatable bonds is 7. The van der Waals surface area contributed by atoms with Gasteiger partial charge in [-0.05, 0) is 12.0 Å². The number of ether oxygens (including phenoxy) is 1. The van der Waals surface area contributed by atoms with E-state index in [1.54, 1.807) is 19.4 Å². The number of pyridine rings is 1. The molecule has 2 aromatic rings. The third-order valence-electron chi connectivity index (χ3n) is 5.94. The van der Waals surface area contributed by atoms with E-state index in [0.717, 1.165) is 38.5 Å². The molecule has 4 heterocycles. The molecule has 2 aromatic heterocycles. The van der Waals surface area contributed by atoms with Crippen LogP contribution in [0.15, 0.2) is 30.9 Å². The topological polar surface area (TPSA) is 66.7 Å². The van der Waals surface area contributed by atoms with Crippen LogP contribution in [0.1, 0.15) is 5.82 Å². The maximum atomic E-state index is 14.1. The van der Waals surface area contributed by atoms with E-state index in [0.29, 0.717) is 24.8 Å². The molecule has 146 valence electrons. The number of imidazole rings is 1. The minimum atomic E-state index is -0.303. The molecule has 2 aliphatic heterocycles. The summed E-state index contributed by atoms with van der Waals surface area (Å²) in [5.74, 6) is 1.01. The van der Waals surface area contributed by atoms with E-state index in [9.17, 15) is 9.50 Å². The highest BCUT2D eigenvalue weighted by atomic mass is 19.1. The van der Waals surface area contributed by atoms with Crippen LogP contribution in [-0.4, -0.2) is 71.0 Å². The lowest BCUT2D eigenvalue weighted by molar-refractivity contribution is 0.124. The molecule has 0 amide bonds. The standard InChI is InChI=1S/C19H26FN5O2/c1-27-7-6-24-5-4-22-18(24)11-23-9-15-10-25(13-19(15,12-23)14-26)17-2-3-21-8-16(17)20/h2-5,8,15,26H,6-7,9-14H2,1H3. The molecule has 2 fully saturated rings. The second-order valence-corrected chi connectivity index (χ2v) is 7.62. The second kappa shape index (κ2) is 7.53. The molecule has 7 nitrogen and oxygen atoms in total. The number of hydrogen-bond donors (Lipinski definition) is 1. The number of likely N-dealkylation sites (tertiary alicyclic amines) is 1. The second-order valence-electron chi connectivity index (χ2n) is 7.62. The van der Waals surface area contributed by atoms with Gasteiger partial charge >= 0.3 is 0 Å². The molecule has 2 aliphatic rings. The summed E-state index contributed by atoms with van der Waals surface area (Å²) < 4.78 is 21.4. The van der Waals surface area contributed by atoms with Gasteiger partial charge in [0.2, 0.25) is 0 Å². The quantitative estimate of drug-likeness (QED) is 0.779. The molecule has 8 heteroatoms. The van der Waals surface area contributed by atoms with E-state index in [-0.39, 0.29) is 17.8 Å². The largest absolute Gasteiger partial charge is 0.396 e. The maximum absolute atomic E-state index is 14.1. The number of fused-ring (bicyclic) bond motifs is 1. The molecule has 27 heavy (non-hydrogen) atoms. The molecular formula is C19H26FN5O2. The van der Waals surface area contributed by atoms with Crippen molar-refractivity contribution < 1.29 is 14.2 Å². The van der Waals surface area contributed by atoms with Crippen molar-refractivity contribution in [3.8, 4) is 0 Å². The third kappa shape index (κ3) is 3.44. The smallest absolute Gasteiger partial charge is 0.164 e. The van der Waals surface area contributed by atoms with Crippen LogP contribution in [0.2, 0.25) is 0 Å². The van der Waals surface area contributed by atoms with Gasteiger partial charge in [0.05, 0.1) is 31.6 Å². The fourth-order valence-electron chi connectivity index (χ4n) is 4.53. The normalized spacial score (nSPS) is 25.3. The first-order valence-electron chi connectivity index (χ1n) is 9.32. The summed E-state index contributed by atoms with van der Waals surface area (Å²) in [5, 5.41) is 10.2. The molecule has 4 rings (SSSR count). The molecule has 2 unspecified atom stereocenters. The van der Waals surface area contributed by atoms with Crippen LogP contribution in [0, 0.1) is 17.2 Å². The zero-order valence-corrected chi connectivity index (χ0v) is 15.6. The van der Waals surface area contributed by atoms with Crippen molar-refractivity contribution in [3.63, 3.8) is 0 Å². The van der Waals surface area contributed by atoms with E-state index >= 15 is 0 Å². The number of hydrogen-bond acceptors (Lipinski definition) is 6. The van der Waals surface area contributed by atoms with Gasteiger partial charge in [-0.1, -0.05) is 0 Å². The zero-order chi connectivity index (χ0) is 18.9. The highest BCUT2D eigenvalue weighted by Gasteiger charge is 2.52. The van der Waals surface area contributed by atoms with Gasteiger partial charge < -0.3 is 19.3 Å². The first-order valence-corrected chi connectivity index (χ1v) is 9.32. The Hall–Kier alpha value is -2.03. The number of aliphatic hydroxyl groups is 1. The lowest BCUT2D eigenvalue weighted by atomic mass is 9.82. The third-order valence-corrected chi connectivity index (χ3v) is 5.94. The highest BCUT2D eigenvalue weighted by Crippen LogP contribution is 2.44. The Labute approximate surface area is 158 Å². The van der Waals surface area contributed by atoms with Gasteiger partial charge in [-0.3, -0.25) is 9.88 Å². The Balaban J connectivity index is 1.44. The molecule has 0 bridgehead atoms. The Bertz CT molecular complexity index is 785. The van der Waals surface area contributed by atoms with Crippen molar-refractivity contribution in [2.45, 2.75) is 13.1 Å². The summed E-state index contributed by atoms with van der Waals surface area (Å²) in [4.78, 5) is 12.7. The molecule has 0 spiro atoms. The van der Waals surface area contributed by atoms with Gasteiger partial charge in [0.15, 0.2) is 5.82 Å². The monoisotopic (exact) mass is 375 g/mol. The Kier molecular flexibility index (Phi) is 5.12. The van der Waals surface area contributed by atoms with Gasteiger partial charge in [-0.15, -0.1) is 0 Å². The Morgan fingerprint density at radius 1 is 1.33 bits per heavy atom. The summed E-state index contributed by atoms with van der Waals surface area (Å²) in [5.41, 5.74) is 0.355. The minimum Gasteiger partial charge on any atom is -0.396 e. The maximum Gasteiger partial charge on any atom is 0.164 e. The molecule has 1 N–H and O–H groups in total. The van der Waals surface area contributed by atoms with E-state index in [2.05, 4.69) is 24.3 Å². The summed E-state index contributed by atoms with van der Waals surface area (Å²) in [6.07, 6.45) is 6.66. The van der Waals surface area contributed by atoms with E-state index in [1.807, 2.05) is 12.4 Å². The molecule has 0 saturated carbocycles. The first-order chi connectivity index (χ1) is 13.1. The number of nitrogens with zero attached hydrogens (tertiary/aromatic N) is 5. The van der Waals surface area contributed by atoms with Crippen molar-refractivity contribution >= 4 is 5.69 Å². The van der Waals surface area contributed by atoms with Crippen LogP contribution in [0.25, 0.3) is 0 Å². The average Bonchev–Trinajstić information content (AvgIpc) is 3.33. The van der Waals surface area contributed by atoms with E-state index in [1.165, 1.54) is 6.20 Å². The Morgan fingerprint density at radius 3 is 2.96 bits per heavy atom. The number of methoxy groups -OCH3 is 1. The van der Waals surface area contributed by atoms with Crippen LogP contribution in [0.3, 0.4) is 0 Å². The Morgan fingerprint density at radius 2 is 2.22 bits per heavy atom. The lowest BCUT2D eigenvalue weighted by Gasteiger charge is -2.28. The van der Waals surface area contributed by atoms with E-state index in [4.69, 9.17) is 4.74 Å². The van der Waals surface area contributed by atoms with Crippen LogP contribution in [0.5, 0.6) is 0 Å². The van der Waals surface area contributed by atoms with Crippen LogP contribution in [0.4, 0.5) is 10.1 Å². The average molecular weight is 375 g/mol. The zero-order valence-electron chi connectivity index (χ0n) is 15.6. The summed E-state index contributed by atoms with van der Waals surface area (Å²) >= 11 is 0. The molecule has 0 aromatic carbocycles. The predicted octanol–water partition coefficient (Wildman–Crippen LogP) is 0.994. The number of aliphatic hydroxyl groups excluding tert-OH is 1. The molecule has 0 radical (unpaired) electrons. The van der Waals surface area contributed by atoms with Gasteiger partial charge in [0.1, 0.15) is 5.82 Å². The van der Waals surface area contributed by atoms with Crippen molar-refractivity contribution in [3.05, 3.63) is 42.5 Å². The fraction of sp³-hybridized carbons (Fsp3) is 0.579. The first kappa shape index (κ1) is 18.3. The number of halogens is 1. The van der Waals surface area contributed by atoms with Gasteiger partial charge in [0, 0.05) is 63.8 Å². The molecular weight excluding hydrogens is 349 g/mol. The van der Waals surface area contributed by atoms with Gasteiger partial charge in [-0.25, -0.2) is 9.37 Å². The summed E-state index contributed by atoms with van der Waals surface area (Å²) in [6, 6.07) is 1.71. The predicted molar refractivity (Wildman–Crippen MR) is 98.8 cm³/mol. The van der Waals surface area contributed by atoms with Crippen LogP contribution in [-0.2, 0) is 17.8 Å². The van der Waals surface area contributed by atoms with E-state index < -0.39 is 0 Å². The van der Waals surface area contributed by atoms with Crippen molar-refractivity contribution in [2.75, 3.05) is 51.4 Å². The summed E-state index contributed by atoms with van der Waals surface area (Å²) in [7, 11) is 1.70. The van der Waals surface area contributed by atoms with Crippen molar-refractivity contribution in [1.29, 1.82) is 0 Å². The summed E-state index contributed by atoms with van der Waals surface area (Å²) in [6.45, 7) is 5.35. The van der Waals surface area contributed by atoms with Crippen LogP contribution < -0.4 is 4.90 Å². The number of anilines is 1. The van der Waals surface area contributed by atoms with Crippen molar-refractivity contribution in [1.82, 2.24) is 19.4 Å². The lowest BCUT2D eigenvalue weighted by Crippen LogP contribution is -2.37. The van der Waals surface area contributed by atoms with Gasteiger partial charge in [0.25, 0.3) is 0 Å². The van der Waals surface area contributed by atoms with Crippen molar-refractivity contribution in [2.24, 2.45) is 11.3 Å². The molecule has 2 saturated heterocycles. The molecule has 0 aliphatic carbocycles. The SMILES string of the molecule is COCCn1ccnc1CN1CC2CN(c3ccncc3F)CC2(CO)C1.